The molecule has 7 aromatic rings. The van der Waals surface area contributed by atoms with Gasteiger partial charge in [-0.3, -0.25) is 0 Å². The molecule has 2 heteroatoms. The van der Waals surface area contributed by atoms with Crippen molar-refractivity contribution in [2.75, 3.05) is 9.80 Å². The second kappa shape index (κ2) is 14.9. The Bertz CT molecular complexity index is 2310. The summed E-state index contributed by atoms with van der Waals surface area (Å²) in [5.74, 6) is 0. The minimum Gasteiger partial charge on any atom is -0.310 e. The third-order valence-electron chi connectivity index (χ3n) is 10.3. The van der Waals surface area contributed by atoms with E-state index in [2.05, 4.69) is 235 Å². The van der Waals surface area contributed by atoms with Crippen molar-refractivity contribution in [2.24, 2.45) is 0 Å². The van der Waals surface area contributed by atoms with Crippen LogP contribution in [0.2, 0.25) is 0 Å². The molecule has 0 unspecified atom stereocenters. The fourth-order valence-corrected chi connectivity index (χ4v) is 7.08. The molecular formula is C52H52N2. The monoisotopic (exact) mass is 704 g/mol. The van der Waals surface area contributed by atoms with Crippen LogP contribution >= 0.6 is 0 Å². The lowest BCUT2D eigenvalue weighted by atomic mass is 9.83. The van der Waals surface area contributed by atoms with Crippen LogP contribution in [0.25, 0.3) is 22.3 Å². The van der Waals surface area contributed by atoms with E-state index < -0.39 is 0 Å². The molecule has 0 aliphatic carbocycles. The van der Waals surface area contributed by atoms with Crippen LogP contribution in [0, 0.1) is 13.8 Å². The first-order chi connectivity index (χ1) is 25.9. The summed E-state index contributed by atoms with van der Waals surface area (Å²) in [4.78, 5) is 4.91. The maximum Gasteiger partial charge on any atom is 0.0564 e. The number of aryl methyl sites for hydroxylation is 2. The Morgan fingerprint density at radius 1 is 0.333 bits per heavy atom. The molecule has 7 aromatic carbocycles. The van der Waals surface area contributed by atoms with Gasteiger partial charge in [-0.2, -0.15) is 0 Å². The van der Waals surface area contributed by atoms with Crippen molar-refractivity contribution in [3.8, 4) is 22.3 Å². The van der Waals surface area contributed by atoms with Crippen LogP contribution in [0.4, 0.5) is 34.1 Å². The fraction of sp³-hybridized carbons (Fsp3) is 0.192. The summed E-state index contributed by atoms with van der Waals surface area (Å²) in [7, 11) is 0. The summed E-state index contributed by atoms with van der Waals surface area (Å²) in [6.45, 7) is 18.1. The molecule has 2 nitrogen and oxygen atoms in total. The molecule has 0 saturated carbocycles. The maximum absolute atomic E-state index is 2.46. The molecule has 0 aromatic heterocycles. The van der Waals surface area contributed by atoms with Crippen molar-refractivity contribution in [3.63, 3.8) is 0 Å². The average molecular weight is 705 g/mol. The Labute approximate surface area is 323 Å². The highest BCUT2D eigenvalue weighted by Gasteiger charge is 2.28. The van der Waals surface area contributed by atoms with Gasteiger partial charge in [-0.05, 0) is 113 Å². The van der Waals surface area contributed by atoms with Gasteiger partial charge >= 0.3 is 0 Å². The van der Waals surface area contributed by atoms with E-state index in [9.17, 15) is 0 Å². The predicted octanol–water partition coefficient (Wildman–Crippen LogP) is 15.2. The molecule has 0 heterocycles. The zero-order valence-electron chi connectivity index (χ0n) is 33.1. The molecule has 0 fully saturated rings. The van der Waals surface area contributed by atoms with Crippen molar-refractivity contribution in [1.29, 1.82) is 0 Å². The summed E-state index contributed by atoms with van der Waals surface area (Å²) in [5, 5.41) is 0. The van der Waals surface area contributed by atoms with E-state index in [0.29, 0.717) is 0 Å². The van der Waals surface area contributed by atoms with Gasteiger partial charge in [0, 0.05) is 28.3 Å². The van der Waals surface area contributed by atoms with Gasteiger partial charge in [-0.15, -0.1) is 0 Å². The van der Waals surface area contributed by atoms with E-state index >= 15 is 0 Å². The minimum atomic E-state index is -0.135. The summed E-state index contributed by atoms with van der Waals surface area (Å²) < 4.78 is 0. The van der Waals surface area contributed by atoms with E-state index in [1.165, 1.54) is 33.4 Å². The molecule has 0 radical (unpaired) electrons. The summed E-state index contributed by atoms with van der Waals surface area (Å²) >= 11 is 0. The van der Waals surface area contributed by atoms with E-state index in [1.807, 2.05) is 0 Å². The molecule has 0 saturated heterocycles. The Morgan fingerprint density at radius 3 is 1.06 bits per heavy atom. The zero-order chi connectivity index (χ0) is 38.0. The van der Waals surface area contributed by atoms with Gasteiger partial charge in [0.2, 0.25) is 0 Å². The molecular weight excluding hydrogens is 653 g/mol. The third kappa shape index (κ3) is 7.75. The smallest absolute Gasteiger partial charge is 0.0564 e. The number of benzene rings is 7. The normalized spacial score (nSPS) is 11.7. The van der Waals surface area contributed by atoms with Gasteiger partial charge in [-0.1, -0.05) is 162 Å². The van der Waals surface area contributed by atoms with Crippen molar-refractivity contribution in [1.82, 2.24) is 0 Å². The number of hydrogen-bond donors (Lipinski definition) is 0. The summed E-state index contributed by atoms with van der Waals surface area (Å²) in [5.41, 5.74) is 16.4. The van der Waals surface area contributed by atoms with Crippen LogP contribution in [0.15, 0.2) is 170 Å². The highest BCUT2D eigenvalue weighted by Crippen LogP contribution is 2.51. The predicted molar refractivity (Wildman–Crippen MR) is 234 cm³/mol. The second-order valence-corrected chi connectivity index (χ2v) is 16.6. The molecule has 0 aliphatic heterocycles. The first-order valence-electron chi connectivity index (χ1n) is 19.1. The molecule has 0 aliphatic rings. The van der Waals surface area contributed by atoms with Gasteiger partial charge < -0.3 is 9.80 Å². The van der Waals surface area contributed by atoms with Gasteiger partial charge in [0.05, 0.1) is 11.4 Å². The Hall–Kier alpha value is -5.86. The van der Waals surface area contributed by atoms with E-state index in [4.69, 9.17) is 0 Å². The quantitative estimate of drug-likeness (QED) is 0.155. The van der Waals surface area contributed by atoms with Crippen LogP contribution in [0.3, 0.4) is 0 Å². The number of rotatable bonds is 8. The zero-order valence-corrected chi connectivity index (χ0v) is 33.1. The van der Waals surface area contributed by atoms with Crippen LogP contribution in [-0.2, 0) is 10.8 Å². The van der Waals surface area contributed by atoms with Crippen LogP contribution < -0.4 is 9.80 Å². The van der Waals surface area contributed by atoms with Crippen molar-refractivity contribution in [2.45, 2.75) is 66.2 Å². The molecule has 0 atom stereocenters. The van der Waals surface area contributed by atoms with Gasteiger partial charge in [0.25, 0.3) is 0 Å². The second-order valence-electron chi connectivity index (χ2n) is 16.6. The van der Waals surface area contributed by atoms with Gasteiger partial charge in [0.1, 0.15) is 0 Å². The number of anilines is 6. The van der Waals surface area contributed by atoms with Crippen molar-refractivity contribution >= 4 is 34.1 Å². The molecule has 7 rings (SSSR count). The van der Waals surface area contributed by atoms with E-state index in [0.717, 1.165) is 45.3 Å². The Morgan fingerprint density at radius 2 is 0.667 bits per heavy atom. The minimum absolute atomic E-state index is 0.0480. The summed E-state index contributed by atoms with van der Waals surface area (Å²) in [6.07, 6.45) is 0. The maximum atomic E-state index is 2.46. The van der Waals surface area contributed by atoms with Gasteiger partial charge in [-0.25, -0.2) is 0 Å². The largest absolute Gasteiger partial charge is 0.310 e. The van der Waals surface area contributed by atoms with Gasteiger partial charge in [0.15, 0.2) is 0 Å². The van der Waals surface area contributed by atoms with Crippen LogP contribution in [0.5, 0.6) is 0 Å². The standard InChI is InChI=1S/C52H52N2/c1-37-19-27-44(28-20-37)53(46-31-23-40(24-32-46)39-15-11-9-12-16-39)48-35-43(52(6,7)8)36-49(50(48)41-17-13-10-14-18-41)54(45-29-21-38(2)22-30-45)47-33-25-42(26-34-47)51(3,4)5/h9-36H,1-8H3. The third-order valence-corrected chi connectivity index (χ3v) is 10.3. The first-order valence-corrected chi connectivity index (χ1v) is 19.1. The van der Waals surface area contributed by atoms with Crippen LogP contribution in [-0.4, -0.2) is 0 Å². The molecule has 0 N–H and O–H groups in total. The van der Waals surface area contributed by atoms with Crippen LogP contribution in [0.1, 0.15) is 63.8 Å². The highest BCUT2D eigenvalue weighted by atomic mass is 15.2. The lowest BCUT2D eigenvalue weighted by molar-refractivity contribution is 0.590. The summed E-state index contributed by atoms with van der Waals surface area (Å²) in [6, 6.07) is 62.5. The van der Waals surface area contributed by atoms with Crippen molar-refractivity contribution < 1.29 is 0 Å². The highest BCUT2D eigenvalue weighted by molar-refractivity contribution is 5.99. The lowest BCUT2D eigenvalue weighted by Gasteiger charge is -2.35. The number of hydrogen-bond acceptors (Lipinski definition) is 2. The SMILES string of the molecule is Cc1ccc(N(c2ccc(-c3ccccc3)cc2)c2cc(C(C)(C)C)cc(N(c3ccc(C)cc3)c3ccc(C(C)(C)C)cc3)c2-c2ccccc2)cc1. The Kier molecular flexibility index (Phi) is 10.1. The first kappa shape index (κ1) is 36.5. The molecule has 270 valence electrons. The van der Waals surface area contributed by atoms with E-state index in [1.54, 1.807) is 0 Å². The topological polar surface area (TPSA) is 6.48 Å². The lowest BCUT2D eigenvalue weighted by Crippen LogP contribution is -2.19. The average Bonchev–Trinajstić information content (AvgIpc) is 3.17. The molecule has 54 heavy (non-hydrogen) atoms. The molecule has 0 amide bonds. The number of nitrogens with zero attached hydrogens (tertiary/aromatic N) is 2. The fourth-order valence-electron chi connectivity index (χ4n) is 7.08. The van der Waals surface area contributed by atoms with Crippen molar-refractivity contribution in [3.05, 3.63) is 192 Å². The Balaban J connectivity index is 1.56. The molecule has 0 spiro atoms. The van der Waals surface area contributed by atoms with E-state index in [-0.39, 0.29) is 10.8 Å². The molecule has 0 bridgehead atoms.